The van der Waals surface area contributed by atoms with E-state index in [0.29, 0.717) is 0 Å². The zero-order valence-corrected chi connectivity index (χ0v) is 11.8. The molecule has 0 radical (unpaired) electrons. The quantitative estimate of drug-likeness (QED) is 0.905. The molecule has 0 spiro atoms. The summed E-state index contributed by atoms with van der Waals surface area (Å²) < 4.78 is 5.87. The lowest BCUT2D eigenvalue weighted by Crippen LogP contribution is -2.47. The van der Waals surface area contributed by atoms with Crippen LogP contribution < -0.4 is 5.73 Å². The van der Waals surface area contributed by atoms with Crippen molar-refractivity contribution in [2.24, 2.45) is 5.73 Å². The van der Waals surface area contributed by atoms with Crippen molar-refractivity contribution in [2.45, 2.75) is 32.4 Å². The van der Waals surface area contributed by atoms with Crippen LogP contribution in [0.15, 0.2) is 28.7 Å². The molecule has 1 unspecified atom stereocenters. The minimum absolute atomic E-state index is 0.150. The van der Waals surface area contributed by atoms with Gasteiger partial charge in [-0.25, -0.2) is 0 Å². The summed E-state index contributed by atoms with van der Waals surface area (Å²) in [4.78, 5) is 2.12. The van der Waals surface area contributed by atoms with E-state index in [1.165, 1.54) is 5.56 Å². The summed E-state index contributed by atoms with van der Waals surface area (Å²) in [5.41, 5.74) is 8.33. The number of hydrogen-bond donors (Lipinski definition) is 1. The van der Waals surface area contributed by atoms with Crippen LogP contribution in [0.2, 0.25) is 0 Å². The van der Waals surface area contributed by atoms with Crippen molar-refractivity contribution in [1.82, 2.24) is 4.90 Å². The highest BCUT2D eigenvalue weighted by Gasteiger charge is 2.32. The molecule has 0 aliphatic rings. The van der Waals surface area contributed by atoms with Gasteiger partial charge in [0.25, 0.3) is 0 Å². The van der Waals surface area contributed by atoms with E-state index in [4.69, 9.17) is 10.2 Å². The Morgan fingerprint density at radius 3 is 2.50 bits per heavy atom. The van der Waals surface area contributed by atoms with Gasteiger partial charge in [-0.1, -0.05) is 11.6 Å². The summed E-state index contributed by atoms with van der Waals surface area (Å²) in [6.07, 6.45) is 0. The highest BCUT2D eigenvalue weighted by atomic mass is 16.3. The Labute approximate surface area is 109 Å². The number of nitrogens with two attached hydrogens (primary N) is 1. The monoisotopic (exact) mass is 246 g/mol. The van der Waals surface area contributed by atoms with Gasteiger partial charge in [0, 0.05) is 10.9 Å². The lowest BCUT2D eigenvalue weighted by molar-refractivity contribution is 0.148. The van der Waals surface area contributed by atoms with E-state index in [-0.39, 0.29) is 11.6 Å². The molecule has 0 bridgehead atoms. The van der Waals surface area contributed by atoms with Gasteiger partial charge in [0.2, 0.25) is 0 Å². The van der Waals surface area contributed by atoms with Gasteiger partial charge < -0.3 is 15.1 Å². The molecule has 0 fully saturated rings. The van der Waals surface area contributed by atoms with Crippen LogP contribution in [0.1, 0.15) is 31.2 Å². The molecule has 2 rings (SSSR count). The number of benzene rings is 1. The Morgan fingerprint density at radius 2 is 1.89 bits per heavy atom. The third-order valence-corrected chi connectivity index (χ3v) is 3.91. The van der Waals surface area contributed by atoms with E-state index in [2.05, 4.69) is 43.9 Å². The third-order valence-electron chi connectivity index (χ3n) is 3.91. The molecule has 1 aromatic carbocycles. The lowest BCUT2D eigenvalue weighted by atomic mass is 9.92. The van der Waals surface area contributed by atoms with Crippen molar-refractivity contribution in [1.29, 1.82) is 0 Å². The van der Waals surface area contributed by atoms with Crippen molar-refractivity contribution in [3.63, 3.8) is 0 Å². The molecule has 0 saturated carbocycles. The predicted molar refractivity (Wildman–Crippen MR) is 75.6 cm³/mol. The SMILES string of the molecule is Cc1ccc2oc(C(N)C(C)(C)N(C)C)cc2c1. The van der Waals surface area contributed by atoms with Crippen LogP contribution in [-0.4, -0.2) is 24.5 Å². The number of likely N-dealkylation sites (N-methyl/N-ethyl adjacent to an activating group) is 1. The number of hydrogen-bond acceptors (Lipinski definition) is 3. The molecular formula is C15H22N2O. The fraction of sp³-hybridized carbons (Fsp3) is 0.467. The highest BCUT2D eigenvalue weighted by Crippen LogP contribution is 2.31. The Morgan fingerprint density at radius 1 is 1.22 bits per heavy atom. The number of nitrogens with zero attached hydrogens (tertiary/aromatic N) is 1. The van der Waals surface area contributed by atoms with Gasteiger partial charge in [-0.05, 0) is 53.1 Å². The van der Waals surface area contributed by atoms with Crippen LogP contribution >= 0.6 is 0 Å². The summed E-state index contributed by atoms with van der Waals surface area (Å²) in [6.45, 7) is 6.32. The average molecular weight is 246 g/mol. The summed E-state index contributed by atoms with van der Waals surface area (Å²) in [7, 11) is 4.07. The first-order valence-corrected chi connectivity index (χ1v) is 6.25. The molecule has 0 aliphatic heterocycles. The van der Waals surface area contributed by atoms with Crippen molar-refractivity contribution < 1.29 is 4.42 Å². The molecule has 2 N–H and O–H groups in total. The zero-order chi connectivity index (χ0) is 13.5. The first kappa shape index (κ1) is 13.1. The molecule has 3 heteroatoms. The average Bonchev–Trinajstić information content (AvgIpc) is 2.70. The van der Waals surface area contributed by atoms with Gasteiger partial charge in [-0.3, -0.25) is 0 Å². The van der Waals surface area contributed by atoms with Crippen LogP contribution in [0.25, 0.3) is 11.0 Å². The molecular weight excluding hydrogens is 224 g/mol. The topological polar surface area (TPSA) is 42.4 Å². The first-order valence-electron chi connectivity index (χ1n) is 6.25. The largest absolute Gasteiger partial charge is 0.459 e. The normalized spacial score (nSPS) is 14.4. The third kappa shape index (κ3) is 2.16. The standard InChI is InChI=1S/C15H22N2O/c1-10-6-7-12-11(8-10)9-13(18-12)14(16)15(2,3)17(4)5/h6-9,14H,16H2,1-5H3. The maximum Gasteiger partial charge on any atom is 0.134 e. The molecule has 2 aromatic rings. The van der Waals surface area contributed by atoms with Gasteiger partial charge in [0.1, 0.15) is 11.3 Å². The molecule has 1 atom stereocenters. The van der Waals surface area contributed by atoms with E-state index in [1.54, 1.807) is 0 Å². The van der Waals surface area contributed by atoms with E-state index in [0.717, 1.165) is 16.7 Å². The van der Waals surface area contributed by atoms with Crippen LogP contribution in [0.3, 0.4) is 0 Å². The van der Waals surface area contributed by atoms with Crippen LogP contribution in [0.4, 0.5) is 0 Å². The van der Waals surface area contributed by atoms with Crippen LogP contribution in [0, 0.1) is 6.92 Å². The number of furan rings is 1. The summed E-state index contributed by atoms with van der Waals surface area (Å²) in [5.74, 6) is 0.842. The van der Waals surface area contributed by atoms with Gasteiger partial charge in [0.05, 0.1) is 6.04 Å². The van der Waals surface area contributed by atoms with Crippen molar-refractivity contribution in [3.8, 4) is 0 Å². The van der Waals surface area contributed by atoms with Crippen molar-refractivity contribution in [3.05, 3.63) is 35.6 Å². The van der Waals surface area contributed by atoms with Crippen molar-refractivity contribution >= 4 is 11.0 Å². The lowest BCUT2D eigenvalue weighted by Gasteiger charge is -2.36. The fourth-order valence-corrected chi connectivity index (χ4v) is 1.96. The first-order chi connectivity index (χ1) is 8.32. The van der Waals surface area contributed by atoms with Gasteiger partial charge in [0.15, 0.2) is 0 Å². The second-order valence-electron chi connectivity index (χ2n) is 5.72. The molecule has 1 aromatic heterocycles. The molecule has 18 heavy (non-hydrogen) atoms. The molecule has 0 amide bonds. The van der Waals surface area contributed by atoms with Gasteiger partial charge in [-0.15, -0.1) is 0 Å². The zero-order valence-electron chi connectivity index (χ0n) is 11.8. The smallest absolute Gasteiger partial charge is 0.134 e. The van der Waals surface area contributed by atoms with Gasteiger partial charge in [-0.2, -0.15) is 0 Å². The highest BCUT2D eigenvalue weighted by molar-refractivity contribution is 5.78. The Kier molecular flexibility index (Phi) is 3.21. The maximum absolute atomic E-state index is 6.34. The van der Waals surface area contributed by atoms with E-state index in [1.807, 2.05) is 20.2 Å². The Hall–Kier alpha value is -1.32. The molecule has 0 aliphatic carbocycles. The van der Waals surface area contributed by atoms with Crippen molar-refractivity contribution in [2.75, 3.05) is 14.1 Å². The fourth-order valence-electron chi connectivity index (χ4n) is 1.96. The Bertz CT molecular complexity index is 555. The van der Waals surface area contributed by atoms with Crippen LogP contribution in [0.5, 0.6) is 0 Å². The minimum atomic E-state index is -0.153. The molecule has 3 nitrogen and oxygen atoms in total. The number of aryl methyl sites for hydroxylation is 1. The number of fused-ring (bicyclic) bond motifs is 1. The van der Waals surface area contributed by atoms with E-state index < -0.39 is 0 Å². The molecule has 0 saturated heterocycles. The minimum Gasteiger partial charge on any atom is -0.459 e. The number of rotatable bonds is 3. The summed E-state index contributed by atoms with van der Waals surface area (Å²) >= 11 is 0. The second kappa shape index (κ2) is 4.41. The molecule has 1 heterocycles. The Balaban J connectivity index is 2.42. The van der Waals surface area contributed by atoms with E-state index in [9.17, 15) is 0 Å². The summed E-state index contributed by atoms with van der Waals surface area (Å²) in [5, 5.41) is 1.12. The van der Waals surface area contributed by atoms with Crippen LogP contribution in [-0.2, 0) is 0 Å². The second-order valence-corrected chi connectivity index (χ2v) is 5.72. The van der Waals surface area contributed by atoms with Gasteiger partial charge >= 0.3 is 0 Å². The predicted octanol–water partition coefficient (Wildman–Crippen LogP) is 3.08. The summed E-state index contributed by atoms with van der Waals surface area (Å²) in [6, 6.07) is 8.08. The molecule has 98 valence electrons. The maximum atomic E-state index is 6.34. The van der Waals surface area contributed by atoms with E-state index >= 15 is 0 Å².